The third-order valence-corrected chi connectivity index (χ3v) is 5.75. The van der Waals surface area contributed by atoms with Crippen LogP contribution in [0.2, 0.25) is 0 Å². The van der Waals surface area contributed by atoms with Gasteiger partial charge in [-0.1, -0.05) is 18.2 Å². The van der Waals surface area contributed by atoms with E-state index in [2.05, 4.69) is 4.98 Å². The minimum Gasteiger partial charge on any atom is -0.496 e. The molecule has 7 heteroatoms. The highest BCUT2D eigenvalue weighted by Gasteiger charge is 2.30. The molecule has 29 heavy (non-hydrogen) atoms. The lowest BCUT2D eigenvalue weighted by atomic mass is 9.98. The van der Waals surface area contributed by atoms with Crippen molar-refractivity contribution in [2.45, 2.75) is 38.0 Å². The Hall–Kier alpha value is -2.83. The fourth-order valence-electron chi connectivity index (χ4n) is 4.17. The van der Waals surface area contributed by atoms with Gasteiger partial charge in [0.15, 0.2) is 5.89 Å². The Morgan fingerprint density at radius 2 is 2.14 bits per heavy atom. The first-order valence-electron chi connectivity index (χ1n) is 10.3. The summed E-state index contributed by atoms with van der Waals surface area (Å²) in [4.78, 5) is 32.5. The normalized spacial score (nSPS) is 19.6. The minimum atomic E-state index is 0.0192. The first-order valence-corrected chi connectivity index (χ1v) is 10.3. The van der Waals surface area contributed by atoms with Crippen LogP contribution in [0, 0.1) is 0 Å². The Labute approximate surface area is 170 Å². The van der Waals surface area contributed by atoms with E-state index < -0.39 is 0 Å². The quantitative estimate of drug-likeness (QED) is 0.749. The predicted molar refractivity (Wildman–Crippen MR) is 107 cm³/mol. The highest BCUT2D eigenvalue weighted by Crippen LogP contribution is 2.28. The van der Waals surface area contributed by atoms with Crippen LogP contribution in [0.4, 0.5) is 0 Å². The molecule has 2 aromatic rings. The van der Waals surface area contributed by atoms with Crippen molar-refractivity contribution in [2.75, 3.05) is 33.3 Å². The average molecular weight is 397 g/mol. The Balaban J connectivity index is 1.38. The van der Waals surface area contributed by atoms with Crippen molar-refractivity contribution in [3.05, 3.63) is 47.7 Å². The molecule has 2 fully saturated rings. The molecule has 1 aromatic carbocycles. The lowest BCUT2D eigenvalue weighted by Gasteiger charge is -2.32. The number of piperidine rings is 1. The number of oxazole rings is 1. The van der Waals surface area contributed by atoms with Crippen LogP contribution in [-0.4, -0.2) is 59.9 Å². The highest BCUT2D eigenvalue weighted by molar-refractivity contribution is 5.86. The maximum Gasteiger partial charge on any atom is 0.242 e. The first-order chi connectivity index (χ1) is 14.1. The Bertz CT molecular complexity index is 878. The number of amides is 2. The van der Waals surface area contributed by atoms with Crippen LogP contribution >= 0.6 is 0 Å². The monoisotopic (exact) mass is 397 g/mol. The van der Waals surface area contributed by atoms with Gasteiger partial charge >= 0.3 is 0 Å². The maximum absolute atomic E-state index is 12.7. The molecule has 2 saturated heterocycles. The van der Waals surface area contributed by atoms with Crippen LogP contribution < -0.4 is 4.74 Å². The number of nitrogens with zero attached hydrogens (tertiary/aromatic N) is 3. The van der Waals surface area contributed by atoms with E-state index in [1.54, 1.807) is 18.2 Å². The summed E-state index contributed by atoms with van der Waals surface area (Å²) in [5.74, 6) is 2.50. The number of para-hydroxylation sites is 1. The summed E-state index contributed by atoms with van der Waals surface area (Å²) in [6, 6.07) is 7.87. The summed E-state index contributed by atoms with van der Waals surface area (Å²) in [5.41, 5.74) is 1.05. The molecule has 0 spiro atoms. The van der Waals surface area contributed by atoms with Crippen LogP contribution in [0.5, 0.6) is 5.75 Å². The summed E-state index contributed by atoms with van der Waals surface area (Å²) in [7, 11) is 1.66. The fraction of sp³-hybridized carbons (Fsp3) is 0.500. The average Bonchev–Trinajstić information content (AvgIpc) is 3.38. The zero-order valence-electron chi connectivity index (χ0n) is 16.8. The zero-order valence-corrected chi connectivity index (χ0v) is 16.8. The zero-order chi connectivity index (χ0) is 20.2. The number of rotatable bonds is 6. The van der Waals surface area contributed by atoms with Gasteiger partial charge in [0, 0.05) is 38.0 Å². The number of carbonyl (C=O) groups excluding carboxylic acids is 2. The third kappa shape index (κ3) is 4.44. The lowest BCUT2D eigenvalue weighted by molar-refractivity contribution is -0.139. The number of hydrogen-bond donors (Lipinski definition) is 0. The van der Waals surface area contributed by atoms with E-state index >= 15 is 0 Å². The smallest absolute Gasteiger partial charge is 0.242 e. The molecular weight excluding hydrogens is 370 g/mol. The van der Waals surface area contributed by atoms with E-state index in [1.807, 2.05) is 29.2 Å². The molecule has 1 aromatic heterocycles. The molecule has 0 aliphatic carbocycles. The number of ether oxygens (including phenoxy) is 1. The molecular formula is C22H27N3O4. The fourth-order valence-corrected chi connectivity index (χ4v) is 4.17. The molecule has 2 aliphatic heterocycles. The SMILES string of the molecule is COc1ccccc1Cc1cnc([C@@H]2CCCN(C(=O)CN3CCCC3=O)C2)o1. The number of methoxy groups -OCH3 is 1. The Morgan fingerprint density at radius 1 is 1.28 bits per heavy atom. The Morgan fingerprint density at radius 3 is 2.93 bits per heavy atom. The van der Waals surface area contributed by atoms with E-state index in [9.17, 15) is 9.59 Å². The van der Waals surface area contributed by atoms with Crippen molar-refractivity contribution in [1.29, 1.82) is 0 Å². The first kappa shape index (κ1) is 19.5. The van der Waals surface area contributed by atoms with Gasteiger partial charge in [0.2, 0.25) is 11.8 Å². The second-order valence-corrected chi connectivity index (χ2v) is 7.75. The standard InChI is InChI=1S/C22H27N3O4/c1-28-19-8-3-2-6-16(19)12-18-13-23-22(29-18)17-7-4-10-24(14-17)21(27)15-25-11-5-9-20(25)26/h2-3,6,8,13,17H,4-5,7,9-12,14-15H2,1H3/t17-/m1/s1. The summed E-state index contributed by atoms with van der Waals surface area (Å²) in [6.45, 7) is 2.20. The molecule has 7 nitrogen and oxygen atoms in total. The minimum absolute atomic E-state index is 0.0192. The largest absolute Gasteiger partial charge is 0.496 e. The molecule has 154 valence electrons. The van der Waals surface area contributed by atoms with Crippen LogP contribution in [0.25, 0.3) is 0 Å². The van der Waals surface area contributed by atoms with Crippen molar-refractivity contribution in [1.82, 2.24) is 14.8 Å². The van der Waals surface area contributed by atoms with Gasteiger partial charge in [-0.15, -0.1) is 0 Å². The van der Waals surface area contributed by atoms with Gasteiger partial charge in [0.05, 0.1) is 25.8 Å². The third-order valence-electron chi connectivity index (χ3n) is 5.75. The van der Waals surface area contributed by atoms with Gasteiger partial charge in [0.25, 0.3) is 0 Å². The van der Waals surface area contributed by atoms with Gasteiger partial charge in [-0.25, -0.2) is 4.98 Å². The van der Waals surface area contributed by atoms with E-state index in [0.29, 0.717) is 31.8 Å². The molecule has 0 unspecified atom stereocenters. The van der Waals surface area contributed by atoms with Crippen LogP contribution in [-0.2, 0) is 16.0 Å². The van der Waals surface area contributed by atoms with Crippen LogP contribution in [0.1, 0.15) is 48.8 Å². The van der Waals surface area contributed by atoms with Crippen molar-refractivity contribution >= 4 is 11.8 Å². The number of hydrogen-bond acceptors (Lipinski definition) is 5. The van der Waals surface area contributed by atoms with Crippen LogP contribution in [0.3, 0.4) is 0 Å². The van der Waals surface area contributed by atoms with Gasteiger partial charge in [0.1, 0.15) is 11.5 Å². The van der Waals surface area contributed by atoms with Gasteiger partial charge in [-0.2, -0.15) is 0 Å². The number of aromatic nitrogens is 1. The molecule has 0 saturated carbocycles. The lowest BCUT2D eigenvalue weighted by Crippen LogP contribution is -2.45. The van der Waals surface area contributed by atoms with E-state index in [-0.39, 0.29) is 24.3 Å². The van der Waals surface area contributed by atoms with E-state index in [0.717, 1.165) is 42.9 Å². The highest BCUT2D eigenvalue weighted by atomic mass is 16.5. The molecule has 2 aliphatic rings. The second-order valence-electron chi connectivity index (χ2n) is 7.75. The summed E-state index contributed by atoms with van der Waals surface area (Å²) < 4.78 is 11.4. The second kappa shape index (κ2) is 8.68. The van der Waals surface area contributed by atoms with E-state index in [4.69, 9.17) is 9.15 Å². The Kier molecular flexibility index (Phi) is 5.83. The van der Waals surface area contributed by atoms with Crippen molar-refractivity contribution in [2.24, 2.45) is 0 Å². The molecule has 4 rings (SSSR count). The summed E-state index contributed by atoms with van der Waals surface area (Å²) >= 11 is 0. The van der Waals surface area contributed by atoms with Crippen molar-refractivity contribution < 1.29 is 18.7 Å². The molecule has 1 atom stereocenters. The van der Waals surface area contributed by atoms with Gasteiger partial charge in [-0.05, 0) is 25.3 Å². The topological polar surface area (TPSA) is 75.9 Å². The molecule has 0 N–H and O–H groups in total. The van der Waals surface area contributed by atoms with Gasteiger partial charge in [-0.3, -0.25) is 9.59 Å². The molecule has 2 amide bonds. The summed E-state index contributed by atoms with van der Waals surface area (Å²) in [5, 5.41) is 0. The van der Waals surface area contributed by atoms with Gasteiger partial charge < -0.3 is 19.0 Å². The van der Waals surface area contributed by atoms with Crippen molar-refractivity contribution in [3.8, 4) is 5.75 Å². The number of carbonyl (C=O) groups is 2. The number of likely N-dealkylation sites (tertiary alicyclic amines) is 2. The molecule has 3 heterocycles. The maximum atomic E-state index is 12.7. The molecule has 0 radical (unpaired) electrons. The van der Waals surface area contributed by atoms with Crippen molar-refractivity contribution in [3.63, 3.8) is 0 Å². The van der Waals surface area contributed by atoms with E-state index in [1.165, 1.54) is 0 Å². The number of benzene rings is 1. The predicted octanol–water partition coefficient (Wildman–Crippen LogP) is 2.60. The molecule has 0 bridgehead atoms. The van der Waals surface area contributed by atoms with Crippen LogP contribution in [0.15, 0.2) is 34.9 Å². The summed E-state index contributed by atoms with van der Waals surface area (Å²) in [6.07, 6.45) is 5.64.